The monoisotopic (exact) mass is 376 g/mol. The number of carbonyl (C=O) groups is 1. The fraction of sp³-hybridized carbons (Fsp3) is 0.111. The number of aryl methyl sites for hydroxylation is 1. The van der Waals surface area contributed by atoms with Crippen molar-refractivity contribution in [3.05, 3.63) is 75.9 Å². The lowest BCUT2D eigenvalue weighted by Gasteiger charge is -2.06. The van der Waals surface area contributed by atoms with Crippen molar-refractivity contribution in [3.8, 4) is 5.75 Å². The van der Waals surface area contributed by atoms with Crippen LogP contribution in [0.15, 0.2) is 53.1 Å². The molecule has 3 aromatic rings. The second-order valence-electron chi connectivity index (χ2n) is 5.18. The highest BCUT2D eigenvalue weighted by Crippen LogP contribution is 2.32. The highest BCUT2D eigenvalue weighted by molar-refractivity contribution is 6.42. The molecule has 0 radical (unpaired) electrons. The summed E-state index contributed by atoms with van der Waals surface area (Å²) >= 11 is 12.0. The van der Waals surface area contributed by atoms with E-state index in [0.717, 1.165) is 0 Å². The van der Waals surface area contributed by atoms with Gasteiger partial charge in [0.05, 0.1) is 5.02 Å². The minimum atomic E-state index is -0.153. The normalized spacial score (nSPS) is 11.2. The van der Waals surface area contributed by atoms with Crippen LogP contribution in [0.25, 0.3) is 6.08 Å². The molecule has 0 saturated heterocycles. The average molecular weight is 377 g/mol. The molecule has 0 fully saturated rings. The molecule has 2 aromatic heterocycles. The number of aromatic nitrogens is 2. The van der Waals surface area contributed by atoms with E-state index < -0.39 is 0 Å². The van der Waals surface area contributed by atoms with Gasteiger partial charge in [-0.25, -0.2) is 0 Å². The number of carbonyl (C=O) groups excluding carboxylic acids is 1. The van der Waals surface area contributed by atoms with Gasteiger partial charge in [-0.3, -0.25) is 9.48 Å². The number of allylic oxidation sites excluding steroid dienone is 1. The van der Waals surface area contributed by atoms with E-state index in [-0.39, 0.29) is 12.4 Å². The van der Waals surface area contributed by atoms with Crippen LogP contribution in [0.3, 0.4) is 0 Å². The third-order valence-corrected chi connectivity index (χ3v) is 4.24. The van der Waals surface area contributed by atoms with Gasteiger partial charge in [0.1, 0.15) is 34.6 Å². The first-order valence-corrected chi connectivity index (χ1v) is 8.16. The summed E-state index contributed by atoms with van der Waals surface area (Å²) < 4.78 is 12.7. The first kappa shape index (κ1) is 17.3. The third kappa shape index (κ3) is 4.13. The lowest BCUT2D eigenvalue weighted by molar-refractivity contribution is 0.103. The number of benzene rings is 1. The van der Waals surface area contributed by atoms with Crippen molar-refractivity contribution in [2.45, 2.75) is 6.61 Å². The second kappa shape index (κ2) is 7.59. The van der Waals surface area contributed by atoms with Gasteiger partial charge in [-0.2, -0.15) is 5.10 Å². The Morgan fingerprint density at radius 1 is 1.28 bits per heavy atom. The Balaban J connectivity index is 1.62. The van der Waals surface area contributed by atoms with Crippen LogP contribution in [0.2, 0.25) is 10.0 Å². The van der Waals surface area contributed by atoms with Gasteiger partial charge < -0.3 is 9.15 Å². The minimum Gasteiger partial charge on any atom is -0.484 e. The number of ketones is 1. The van der Waals surface area contributed by atoms with Crippen LogP contribution in [0.4, 0.5) is 0 Å². The highest BCUT2D eigenvalue weighted by atomic mass is 35.5. The van der Waals surface area contributed by atoms with Gasteiger partial charge in [0.2, 0.25) is 5.78 Å². The highest BCUT2D eigenvalue weighted by Gasteiger charge is 2.08. The summed E-state index contributed by atoms with van der Waals surface area (Å²) in [5.41, 5.74) is 0.502. The molecule has 0 aliphatic carbocycles. The predicted octanol–water partition coefficient (Wildman–Crippen LogP) is 4.80. The first-order chi connectivity index (χ1) is 12.0. The SMILES string of the molecule is Cn1nccc1C(=O)/C=C/c1ccc(COc2cccc(Cl)c2Cl)o1. The van der Waals surface area contributed by atoms with E-state index in [4.69, 9.17) is 32.4 Å². The molecule has 0 N–H and O–H groups in total. The molecule has 128 valence electrons. The van der Waals surface area contributed by atoms with Crippen LogP contribution in [0.1, 0.15) is 22.0 Å². The van der Waals surface area contributed by atoms with Gasteiger partial charge in [-0.05, 0) is 42.5 Å². The molecule has 5 nitrogen and oxygen atoms in total. The van der Waals surface area contributed by atoms with Gasteiger partial charge in [-0.1, -0.05) is 29.3 Å². The summed E-state index contributed by atoms with van der Waals surface area (Å²) in [5, 5.41) is 4.75. The van der Waals surface area contributed by atoms with E-state index in [1.807, 2.05) is 0 Å². The van der Waals surface area contributed by atoms with Crippen molar-refractivity contribution in [3.63, 3.8) is 0 Å². The summed E-state index contributed by atoms with van der Waals surface area (Å²) in [6, 6.07) is 10.3. The predicted molar refractivity (Wildman–Crippen MR) is 96.1 cm³/mol. The van der Waals surface area contributed by atoms with Crippen LogP contribution < -0.4 is 4.74 Å². The smallest absolute Gasteiger partial charge is 0.203 e. The molecule has 2 heterocycles. The lowest BCUT2D eigenvalue weighted by atomic mass is 10.2. The lowest BCUT2D eigenvalue weighted by Crippen LogP contribution is -2.03. The van der Waals surface area contributed by atoms with E-state index in [2.05, 4.69) is 5.10 Å². The Morgan fingerprint density at radius 2 is 2.12 bits per heavy atom. The molecule has 0 unspecified atom stereocenters. The van der Waals surface area contributed by atoms with Crippen molar-refractivity contribution in [2.75, 3.05) is 0 Å². The Kier molecular flexibility index (Phi) is 5.26. The van der Waals surface area contributed by atoms with E-state index in [1.54, 1.807) is 55.7 Å². The van der Waals surface area contributed by atoms with Gasteiger partial charge in [0.15, 0.2) is 0 Å². The van der Waals surface area contributed by atoms with Crippen LogP contribution in [0, 0.1) is 0 Å². The summed E-state index contributed by atoms with van der Waals surface area (Å²) in [4.78, 5) is 12.0. The Hall–Kier alpha value is -2.50. The zero-order chi connectivity index (χ0) is 17.8. The van der Waals surface area contributed by atoms with Crippen LogP contribution in [-0.2, 0) is 13.7 Å². The van der Waals surface area contributed by atoms with Gasteiger partial charge in [0.25, 0.3) is 0 Å². The van der Waals surface area contributed by atoms with Gasteiger partial charge in [0, 0.05) is 13.2 Å². The topological polar surface area (TPSA) is 57.3 Å². The number of furan rings is 1. The Morgan fingerprint density at radius 3 is 2.88 bits per heavy atom. The molecule has 7 heteroatoms. The molecule has 0 aliphatic heterocycles. The molecule has 0 atom stereocenters. The maximum atomic E-state index is 12.0. The van der Waals surface area contributed by atoms with Crippen LogP contribution in [0.5, 0.6) is 5.75 Å². The standard InChI is InChI=1S/C18H14Cl2N2O3/c1-22-15(9-10-21-22)16(23)8-7-12-5-6-13(25-12)11-24-17-4-2-3-14(19)18(17)20/h2-10H,11H2,1H3/b8-7+. The summed E-state index contributed by atoms with van der Waals surface area (Å²) in [6.07, 6.45) is 4.61. The molecule has 0 aliphatic rings. The number of ether oxygens (including phenoxy) is 1. The molecule has 3 rings (SSSR count). The number of hydrogen-bond acceptors (Lipinski definition) is 4. The van der Waals surface area contributed by atoms with E-state index >= 15 is 0 Å². The second-order valence-corrected chi connectivity index (χ2v) is 5.97. The van der Waals surface area contributed by atoms with E-state index in [1.165, 1.54) is 10.8 Å². The molecule has 0 bridgehead atoms. The number of hydrogen-bond donors (Lipinski definition) is 0. The first-order valence-electron chi connectivity index (χ1n) is 7.40. The average Bonchev–Trinajstić information content (AvgIpc) is 3.23. The number of halogens is 2. The molecule has 0 saturated carbocycles. The maximum Gasteiger partial charge on any atom is 0.203 e. The Labute approximate surface area is 154 Å². The van der Waals surface area contributed by atoms with Crippen LogP contribution >= 0.6 is 23.2 Å². The number of rotatable bonds is 6. The summed E-state index contributed by atoms with van der Waals surface area (Å²) in [5.74, 6) is 1.48. The molecule has 25 heavy (non-hydrogen) atoms. The van der Waals surface area contributed by atoms with E-state index in [9.17, 15) is 4.79 Å². The van der Waals surface area contributed by atoms with Crippen molar-refractivity contribution < 1.29 is 13.9 Å². The molecule has 0 amide bonds. The quantitative estimate of drug-likeness (QED) is 0.458. The maximum absolute atomic E-state index is 12.0. The van der Waals surface area contributed by atoms with Crippen molar-refractivity contribution in [1.82, 2.24) is 9.78 Å². The van der Waals surface area contributed by atoms with Crippen molar-refractivity contribution in [1.29, 1.82) is 0 Å². The largest absolute Gasteiger partial charge is 0.484 e. The zero-order valence-corrected chi connectivity index (χ0v) is 14.8. The number of nitrogens with zero attached hydrogens (tertiary/aromatic N) is 2. The third-order valence-electron chi connectivity index (χ3n) is 3.44. The molecular formula is C18H14Cl2N2O3. The van der Waals surface area contributed by atoms with Crippen molar-refractivity contribution in [2.24, 2.45) is 7.05 Å². The molecular weight excluding hydrogens is 363 g/mol. The van der Waals surface area contributed by atoms with Crippen molar-refractivity contribution >= 4 is 35.1 Å². The fourth-order valence-corrected chi connectivity index (χ4v) is 2.51. The molecule has 0 spiro atoms. The fourth-order valence-electron chi connectivity index (χ4n) is 2.16. The van der Waals surface area contributed by atoms with Gasteiger partial charge in [-0.15, -0.1) is 0 Å². The molecule has 1 aromatic carbocycles. The van der Waals surface area contributed by atoms with E-state index in [0.29, 0.717) is 33.0 Å². The summed E-state index contributed by atoms with van der Waals surface area (Å²) in [7, 11) is 1.71. The Bertz CT molecular complexity index is 928. The zero-order valence-electron chi connectivity index (χ0n) is 13.3. The minimum absolute atomic E-state index is 0.153. The van der Waals surface area contributed by atoms with Crippen LogP contribution in [-0.4, -0.2) is 15.6 Å². The van der Waals surface area contributed by atoms with Gasteiger partial charge >= 0.3 is 0 Å². The summed E-state index contributed by atoms with van der Waals surface area (Å²) in [6.45, 7) is 0.198.